The summed E-state index contributed by atoms with van der Waals surface area (Å²) >= 11 is 0. The molecule has 0 amide bonds. The molecule has 0 saturated carbocycles. The van der Waals surface area contributed by atoms with E-state index in [0.29, 0.717) is 27.7 Å². The maximum absolute atomic E-state index is 13.1. The fourth-order valence-corrected chi connectivity index (χ4v) is 2.21. The third-order valence-corrected chi connectivity index (χ3v) is 3.21. The van der Waals surface area contributed by atoms with E-state index in [1.165, 1.54) is 18.2 Å². The van der Waals surface area contributed by atoms with Crippen LogP contribution in [0, 0.1) is 12.7 Å². The second-order valence-electron chi connectivity index (χ2n) is 4.63. The minimum Gasteiger partial charge on any atom is -0.306 e. The number of carbonyl (C=O) groups is 1. The lowest BCUT2D eigenvalue weighted by Gasteiger charge is -2.05. The molecule has 0 aliphatic carbocycles. The molecule has 100 valence electrons. The van der Waals surface area contributed by atoms with Crippen LogP contribution in [-0.2, 0) is 0 Å². The van der Waals surface area contributed by atoms with Crippen LogP contribution in [0.25, 0.3) is 11.0 Å². The Hall–Kier alpha value is -2.69. The van der Waals surface area contributed by atoms with Crippen LogP contribution in [0.5, 0.6) is 0 Å². The summed E-state index contributed by atoms with van der Waals surface area (Å²) in [7, 11) is 0. The van der Waals surface area contributed by atoms with E-state index in [1.54, 1.807) is 25.1 Å². The van der Waals surface area contributed by atoms with Gasteiger partial charge in [0.25, 0.3) is 0 Å². The molecule has 3 aromatic rings. The summed E-state index contributed by atoms with van der Waals surface area (Å²) in [5, 5.41) is 0. The Morgan fingerprint density at radius 1 is 1.05 bits per heavy atom. The minimum atomic E-state index is -0.371. The molecule has 1 heterocycles. The normalized spacial score (nSPS) is 10.9. The summed E-state index contributed by atoms with van der Waals surface area (Å²) in [5.41, 5.74) is 2.37. The van der Waals surface area contributed by atoms with E-state index in [2.05, 4.69) is 9.97 Å². The molecule has 0 atom stereocenters. The molecule has 1 aromatic heterocycles. The van der Waals surface area contributed by atoms with Crippen LogP contribution in [0.4, 0.5) is 4.39 Å². The largest absolute Gasteiger partial charge is 0.323 e. The Labute approximate surface area is 113 Å². The number of H-pyrrole nitrogens is 2. The van der Waals surface area contributed by atoms with E-state index in [4.69, 9.17) is 0 Å². The van der Waals surface area contributed by atoms with Gasteiger partial charge in [-0.3, -0.25) is 4.79 Å². The highest BCUT2D eigenvalue weighted by Crippen LogP contribution is 2.18. The van der Waals surface area contributed by atoms with E-state index in [1.807, 2.05) is 0 Å². The number of benzene rings is 2. The molecular weight excluding hydrogens is 259 g/mol. The number of imidazole rings is 1. The highest BCUT2D eigenvalue weighted by Gasteiger charge is 2.13. The number of aromatic amines is 2. The van der Waals surface area contributed by atoms with Crippen molar-refractivity contribution in [3.63, 3.8) is 0 Å². The van der Waals surface area contributed by atoms with Crippen LogP contribution < -0.4 is 5.69 Å². The molecule has 5 heteroatoms. The van der Waals surface area contributed by atoms with Crippen molar-refractivity contribution < 1.29 is 9.18 Å². The van der Waals surface area contributed by atoms with Gasteiger partial charge in [-0.05, 0) is 48.9 Å². The summed E-state index contributed by atoms with van der Waals surface area (Å²) in [6.45, 7) is 1.69. The fourth-order valence-electron chi connectivity index (χ4n) is 2.21. The smallest absolute Gasteiger partial charge is 0.306 e. The number of aryl methyl sites for hydroxylation is 1. The van der Waals surface area contributed by atoms with Crippen molar-refractivity contribution in [1.82, 2.24) is 9.97 Å². The SMILES string of the molecule is Cc1cc(F)ccc1C(=O)c1ccc2[nH]c(=O)[nH]c2c1. The molecule has 2 N–H and O–H groups in total. The van der Waals surface area contributed by atoms with Gasteiger partial charge in [0.05, 0.1) is 11.0 Å². The van der Waals surface area contributed by atoms with E-state index in [-0.39, 0.29) is 17.3 Å². The molecule has 0 spiro atoms. The maximum atomic E-state index is 13.1. The van der Waals surface area contributed by atoms with E-state index in [9.17, 15) is 14.0 Å². The number of fused-ring (bicyclic) bond motifs is 1. The molecule has 0 aliphatic rings. The Morgan fingerprint density at radius 3 is 2.55 bits per heavy atom. The van der Waals surface area contributed by atoms with Gasteiger partial charge in [0.15, 0.2) is 5.78 Å². The second kappa shape index (κ2) is 4.45. The first-order chi connectivity index (χ1) is 9.54. The first-order valence-electron chi connectivity index (χ1n) is 6.07. The first kappa shape index (κ1) is 12.3. The molecule has 0 unspecified atom stereocenters. The minimum absolute atomic E-state index is 0.202. The average molecular weight is 270 g/mol. The Bertz CT molecular complexity index is 877. The van der Waals surface area contributed by atoms with Gasteiger partial charge in [0.1, 0.15) is 5.82 Å². The van der Waals surface area contributed by atoms with Crippen LogP contribution >= 0.6 is 0 Å². The van der Waals surface area contributed by atoms with Gasteiger partial charge in [0, 0.05) is 11.1 Å². The van der Waals surface area contributed by atoms with E-state index < -0.39 is 0 Å². The molecule has 0 saturated heterocycles. The molecule has 0 aliphatic heterocycles. The summed E-state index contributed by atoms with van der Waals surface area (Å²) in [6.07, 6.45) is 0. The topological polar surface area (TPSA) is 65.7 Å². The maximum Gasteiger partial charge on any atom is 0.323 e. The quantitative estimate of drug-likeness (QED) is 0.703. The molecule has 2 aromatic carbocycles. The van der Waals surface area contributed by atoms with Gasteiger partial charge in [-0.25, -0.2) is 9.18 Å². The summed E-state index contributed by atoms with van der Waals surface area (Å²) in [5.74, 6) is -0.573. The lowest BCUT2D eigenvalue weighted by molar-refractivity contribution is 0.103. The van der Waals surface area contributed by atoms with Crippen molar-refractivity contribution >= 4 is 16.8 Å². The standard InChI is InChI=1S/C15H11FN2O2/c1-8-6-10(16)3-4-11(8)14(19)9-2-5-12-13(7-9)18-15(20)17-12/h2-7H,1H3,(H2,17,18,20). The van der Waals surface area contributed by atoms with Crippen LogP contribution in [0.15, 0.2) is 41.2 Å². The third kappa shape index (κ3) is 2.03. The van der Waals surface area contributed by atoms with Crippen molar-refractivity contribution in [3.05, 3.63) is 69.4 Å². The molecule has 0 bridgehead atoms. The van der Waals surface area contributed by atoms with Gasteiger partial charge in [-0.1, -0.05) is 0 Å². The molecule has 20 heavy (non-hydrogen) atoms. The van der Waals surface area contributed by atoms with Crippen LogP contribution in [-0.4, -0.2) is 15.8 Å². The Balaban J connectivity index is 2.09. The predicted octanol–water partition coefficient (Wildman–Crippen LogP) is 2.53. The number of nitrogens with one attached hydrogen (secondary N) is 2. The summed E-state index contributed by atoms with van der Waals surface area (Å²) in [4.78, 5) is 28.8. The fraction of sp³-hybridized carbons (Fsp3) is 0.0667. The number of hydrogen-bond donors (Lipinski definition) is 2. The average Bonchev–Trinajstić information content (AvgIpc) is 2.77. The molecule has 0 fully saturated rings. The number of ketones is 1. The number of carbonyl (C=O) groups excluding carboxylic acids is 1. The summed E-state index contributed by atoms with van der Waals surface area (Å²) < 4.78 is 13.1. The molecule has 3 rings (SSSR count). The number of aromatic nitrogens is 2. The van der Waals surface area contributed by atoms with Crippen molar-refractivity contribution in [3.8, 4) is 0 Å². The van der Waals surface area contributed by atoms with Crippen LogP contribution in [0.1, 0.15) is 21.5 Å². The lowest BCUT2D eigenvalue weighted by atomic mass is 9.99. The second-order valence-corrected chi connectivity index (χ2v) is 4.63. The van der Waals surface area contributed by atoms with Crippen molar-refractivity contribution in [2.24, 2.45) is 0 Å². The predicted molar refractivity (Wildman–Crippen MR) is 73.5 cm³/mol. The van der Waals surface area contributed by atoms with Gasteiger partial charge >= 0.3 is 5.69 Å². The van der Waals surface area contributed by atoms with E-state index in [0.717, 1.165) is 0 Å². The number of rotatable bonds is 2. The van der Waals surface area contributed by atoms with Gasteiger partial charge in [-0.15, -0.1) is 0 Å². The Kier molecular flexibility index (Phi) is 2.75. The molecular formula is C15H11FN2O2. The zero-order chi connectivity index (χ0) is 14.3. The van der Waals surface area contributed by atoms with E-state index >= 15 is 0 Å². The zero-order valence-corrected chi connectivity index (χ0v) is 10.7. The van der Waals surface area contributed by atoms with Gasteiger partial charge in [-0.2, -0.15) is 0 Å². The van der Waals surface area contributed by atoms with Crippen LogP contribution in [0.2, 0.25) is 0 Å². The highest BCUT2D eigenvalue weighted by atomic mass is 19.1. The van der Waals surface area contributed by atoms with Crippen molar-refractivity contribution in [2.75, 3.05) is 0 Å². The summed E-state index contributed by atoms with van der Waals surface area (Å²) in [6, 6.07) is 8.97. The first-order valence-corrected chi connectivity index (χ1v) is 6.07. The van der Waals surface area contributed by atoms with Crippen molar-refractivity contribution in [1.29, 1.82) is 0 Å². The van der Waals surface area contributed by atoms with Crippen LogP contribution in [0.3, 0.4) is 0 Å². The number of hydrogen-bond acceptors (Lipinski definition) is 2. The Morgan fingerprint density at radius 2 is 1.80 bits per heavy atom. The van der Waals surface area contributed by atoms with Crippen molar-refractivity contribution in [2.45, 2.75) is 6.92 Å². The monoisotopic (exact) mass is 270 g/mol. The zero-order valence-electron chi connectivity index (χ0n) is 10.7. The van der Waals surface area contributed by atoms with Gasteiger partial charge < -0.3 is 9.97 Å². The lowest BCUT2D eigenvalue weighted by Crippen LogP contribution is -2.04. The molecule has 0 radical (unpaired) electrons. The van der Waals surface area contributed by atoms with Gasteiger partial charge in [0.2, 0.25) is 0 Å². The highest BCUT2D eigenvalue weighted by molar-refractivity contribution is 6.11. The number of halogens is 1. The molecule has 4 nitrogen and oxygen atoms in total. The third-order valence-electron chi connectivity index (χ3n) is 3.21.